The fraction of sp³-hybridized carbons (Fsp3) is 0.400. The zero-order chi connectivity index (χ0) is 25.8. The van der Waals surface area contributed by atoms with Crippen LogP contribution in [-0.4, -0.2) is 45.5 Å². The van der Waals surface area contributed by atoms with E-state index in [1.165, 1.54) is 34.9 Å². The van der Waals surface area contributed by atoms with Crippen molar-refractivity contribution in [3.8, 4) is 5.75 Å². The maximum absolute atomic E-state index is 13.8. The molecule has 2 aliphatic heterocycles. The van der Waals surface area contributed by atoms with Crippen LogP contribution in [0.3, 0.4) is 0 Å². The minimum atomic E-state index is -0.542. The molecule has 2 saturated carbocycles. The van der Waals surface area contributed by atoms with E-state index in [-0.39, 0.29) is 29.8 Å². The van der Waals surface area contributed by atoms with Crippen LogP contribution in [0.1, 0.15) is 71.7 Å². The first kappa shape index (κ1) is 23.9. The fourth-order valence-electron chi connectivity index (χ4n) is 6.46. The summed E-state index contributed by atoms with van der Waals surface area (Å²) in [5.74, 6) is 0.0609. The average molecular weight is 530 g/mol. The molecule has 1 N–H and O–H groups in total. The highest BCUT2D eigenvalue weighted by molar-refractivity contribution is 7.98. The van der Waals surface area contributed by atoms with E-state index in [9.17, 15) is 14.7 Å². The number of aromatic hydroxyl groups is 1. The van der Waals surface area contributed by atoms with Crippen molar-refractivity contribution >= 4 is 17.7 Å². The quantitative estimate of drug-likeness (QED) is 0.524. The molecule has 2 fully saturated rings. The SMILES string of the molecule is O=C1c2c(O)c(=O)ccn2N([C@H]2c3ccccc3CSc3ccccc32)CN1C1CC(OC2CCCC2)C1. The van der Waals surface area contributed by atoms with Crippen molar-refractivity contribution in [1.29, 1.82) is 0 Å². The molecule has 7 rings (SSSR count). The van der Waals surface area contributed by atoms with Crippen molar-refractivity contribution in [2.75, 3.05) is 11.7 Å². The number of aromatic nitrogens is 1. The third kappa shape index (κ3) is 3.93. The maximum Gasteiger partial charge on any atom is 0.278 e. The minimum absolute atomic E-state index is 0.00509. The van der Waals surface area contributed by atoms with Gasteiger partial charge in [0.1, 0.15) is 6.67 Å². The van der Waals surface area contributed by atoms with Crippen LogP contribution in [0.2, 0.25) is 0 Å². The van der Waals surface area contributed by atoms with Crippen molar-refractivity contribution in [3.05, 3.63) is 93.4 Å². The van der Waals surface area contributed by atoms with Crippen LogP contribution in [-0.2, 0) is 10.5 Å². The van der Waals surface area contributed by atoms with Gasteiger partial charge in [0.25, 0.3) is 5.91 Å². The Labute approximate surface area is 226 Å². The Balaban J connectivity index is 1.30. The van der Waals surface area contributed by atoms with Crippen LogP contribution >= 0.6 is 11.8 Å². The predicted molar refractivity (Wildman–Crippen MR) is 146 cm³/mol. The number of thioether (sulfide) groups is 1. The van der Waals surface area contributed by atoms with Crippen LogP contribution in [0.5, 0.6) is 5.75 Å². The molecular weight excluding hydrogens is 498 g/mol. The van der Waals surface area contributed by atoms with Crippen molar-refractivity contribution in [2.45, 2.75) is 73.5 Å². The van der Waals surface area contributed by atoms with Gasteiger partial charge in [0, 0.05) is 29.0 Å². The van der Waals surface area contributed by atoms with Crippen LogP contribution in [0.4, 0.5) is 0 Å². The Kier molecular flexibility index (Phi) is 5.97. The van der Waals surface area contributed by atoms with Gasteiger partial charge in [0.05, 0.1) is 18.2 Å². The van der Waals surface area contributed by atoms with Crippen molar-refractivity contribution in [3.63, 3.8) is 0 Å². The first-order chi connectivity index (χ1) is 18.6. The smallest absolute Gasteiger partial charge is 0.278 e. The summed E-state index contributed by atoms with van der Waals surface area (Å²) in [5.41, 5.74) is 3.05. The second-order valence-electron chi connectivity index (χ2n) is 10.8. The Morgan fingerprint density at radius 1 is 0.895 bits per heavy atom. The lowest BCUT2D eigenvalue weighted by Crippen LogP contribution is -2.61. The first-order valence-corrected chi connectivity index (χ1v) is 14.5. The normalized spacial score (nSPS) is 24.8. The zero-order valence-corrected chi connectivity index (χ0v) is 22.0. The molecule has 1 aromatic heterocycles. The molecule has 8 heteroatoms. The molecule has 1 atom stereocenters. The highest BCUT2D eigenvalue weighted by atomic mass is 32.2. The lowest BCUT2D eigenvalue weighted by atomic mass is 9.87. The third-order valence-electron chi connectivity index (χ3n) is 8.53. The summed E-state index contributed by atoms with van der Waals surface area (Å²) in [5, 5.41) is 13.0. The molecule has 1 amide bonds. The molecular formula is C30H31N3O4S. The van der Waals surface area contributed by atoms with Gasteiger partial charge >= 0.3 is 0 Å². The molecule has 2 aliphatic carbocycles. The van der Waals surface area contributed by atoms with Gasteiger partial charge in [0.15, 0.2) is 11.4 Å². The highest BCUT2D eigenvalue weighted by Crippen LogP contribution is 2.44. The summed E-state index contributed by atoms with van der Waals surface area (Å²) in [7, 11) is 0. The molecule has 4 aliphatic rings. The summed E-state index contributed by atoms with van der Waals surface area (Å²) in [4.78, 5) is 29.3. The number of fused-ring (bicyclic) bond motifs is 3. The van der Waals surface area contributed by atoms with Gasteiger partial charge in [-0.15, -0.1) is 11.8 Å². The molecule has 38 heavy (non-hydrogen) atoms. The summed E-state index contributed by atoms with van der Waals surface area (Å²) in [6, 6.07) is 18.0. The van der Waals surface area contributed by atoms with Gasteiger partial charge in [-0.25, -0.2) is 0 Å². The van der Waals surface area contributed by atoms with Gasteiger partial charge in [-0.1, -0.05) is 55.3 Å². The summed E-state index contributed by atoms with van der Waals surface area (Å²) < 4.78 is 8.01. The van der Waals surface area contributed by atoms with E-state index in [1.54, 1.807) is 10.9 Å². The fourth-order valence-corrected chi connectivity index (χ4v) is 7.55. The van der Waals surface area contributed by atoms with E-state index in [1.807, 2.05) is 22.7 Å². The molecule has 3 aromatic rings. The molecule has 0 unspecified atom stereocenters. The number of amides is 1. The van der Waals surface area contributed by atoms with Crippen molar-refractivity contribution < 1.29 is 14.6 Å². The van der Waals surface area contributed by atoms with E-state index in [2.05, 4.69) is 47.5 Å². The Bertz CT molecular complexity index is 1400. The van der Waals surface area contributed by atoms with E-state index < -0.39 is 11.2 Å². The maximum atomic E-state index is 13.8. The molecule has 2 aromatic carbocycles. The standard InChI is InChI=1S/C30H31N3O4S/c34-25-13-14-32-28(29(25)35)30(36)31(20-15-22(16-20)37-21-8-2-3-9-21)18-33(32)27-23-10-4-1-7-19(23)17-38-26-12-6-5-11-24(26)27/h1,4-7,10-14,20-22,27,35H,2-3,8-9,15-18H2/t20?,22?,27-/m0/s1. The van der Waals surface area contributed by atoms with Gasteiger partial charge in [-0.2, -0.15) is 0 Å². The first-order valence-electron chi connectivity index (χ1n) is 13.6. The minimum Gasteiger partial charge on any atom is -0.502 e. The zero-order valence-electron chi connectivity index (χ0n) is 21.2. The molecule has 7 nitrogen and oxygen atoms in total. The number of ether oxygens (including phenoxy) is 1. The van der Waals surface area contributed by atoms with E-state index in [0.717, 1.165) is 37.0 Å². The van der Waals surface area contributed by atoms with Gasteiger partial charge in [-0.05, 0) is 48.4 Å². The molecule has 0 saturated heterocycles. The van der Waals surface area contributed by atoms with Crippen LogP contribution in [0, 0.1) is 0 Å². The number of carbonyl (C=O) groups is 1. The Hall–Kier alpha value is -3.23. The van der Waals surface area contributed by atoms with Crippen LogP contribution < -0.4 is 10.4 Å². The second kappa shape index (κ2) is 9.50. The lowest BCUT2D eigenvalue weighted by Gasteiger charge is -2.50. The molecule has 196 valence electrons. The van der Waals surface area contributed by atoms with Gasteiger partial charge < -0.3 is 14.7 Å². The van der Waals surface area contributed by atoms with Crippen LogP contribution in [0.25, 0.3) is 0 Å². The number of carbonyl (C=O) groups excluding carboxylic acids is 1. The summed E-state index contributed by atoms with van der Waals surface area (Å²) >= 11 is 1.81. The average Bonchev–Trinajstić information content (AvgIpc) is 3.37. The van der Waals surface area contributed by atoms with Crippen molar-refractivity contribution in [1.82, 2.24) is 9.58 Å². The Morgan fingerprint density at radius 2 is 1.63 bits per heavy atom. The largest absolute Gasteiger partial charge is 0.502 e. The summed E-state index contributed by atoms with van der Waals surface area (Å²) in [6.07, 6.45) is 8.40. The third-order valence-corrected chi connectivity index (χ3v) is 9.67. The highest BCUT2D eigenvalue weighted by Gasteiger charge is 2.45. The van der Waals surface area contributed by atoms with Gasteiger partial charge in [-0.3, -0.25) is 19.3 Å². The topological polar surface area (TPSA) is 75.0 Å². The van der Waals surface area contributed by atoms with Gasteiger partial charge in [0.2, 0.25) is 5.43 Å². The number of nitrogens with zero attached hydrogens (tertiary/aromatic N) is 3. The molecule has 3 heterocycles. The second-order valence-corrected chi connectivity index (χ2v) is 11.8. The van der Waals surface area contributed by atoms with E-state index >= 15 is 0 Å². The number of pyridine rings is 1. The number of benzene rings is 2. The van der Waals surface area contributed by atoms with Crippen molar-refractivity contribution in [2.24, 2.45) is 0 Å². The van der Waals surface area contributed by atoms with E-state index in [4.69, 9.17) is 4.74 Å². The lowest BCUT2D eigenvalue weighted by molar-refractivity contribution is -0.0815. The molecule has 0 bridgehead atoms. The summed E-state index contributed by atoms with van der Waals surface area (Å²) in [6.45, 7) is 0.354. The molecule has 0 spiro atoms. The monoisotopic (exact) mass is 529 g/mol. The van der Waals surface area contributed by atoms with E-state index in [0.29, 0.717) is 12.8 Å². The Morgan fingerprint density at radius 3 is 2.45 bits per heavy atom. The predicted octanol–water partition coefficient (Wildman–Crippen LogP) is 4.79. The number of hydrogen-bond donors (Lipinski definition) is 1. The molecule has 0 radical (unpaired) electrons. The number of hydrogen-bond acceptors (Lipinski definition) is 6. The number of rotatable bonds is 4. The van der Waals surface area contributed by atoms with Crippen LogP contribution in [0.15, 0.2) is 70.5 Å².